The highest BCUT2D eigenvalue weighted by molar-refractivity contribution is 5.40. The average Bonchev–Trinajstić information content (AvgIpc) is 2.19. The van der Waals surface area contributed by atoms with Gasteiger partial charge < -0.3 is 10.6 Å². The molecule has 0 fully saturated rings. The molecule has 0 aliphatic carbocycles. The molecule has 0 aliphatic rings. The lowest BCUT2D eigenvalue weighted by atomic mass is 10.5. The van der Waals surface area contributed by atoms with Crippen molar-refractivity contribution < 1.29 is 4.39 Å². The maximum absolute atomic E-state index is 13.1. The first-order valence-electron chi connectivity index (χ1n) is 4.78. The van der Waals surface area contributed by atoms with E-state index in [0.29, 0.717) is 12.5 Å². The fraction of sp³-hybridized carbons (Fsp3) is 0.556. The number of halogens is 1. The molecule has 1 heterocycles. The third-order valence-electron chi connectivity index (χ3n) is 1.62. The molecule has 2 N–H and O–H groups in total. The summed E-state index contributed by atoms with van der Waals surface area (Å²) in [4.78, 5) is 7.81. The first-order valence-corrected chi connectivity index (χ1v) is 4.78. The molecule has 14 heavy (non-hydrogen) atoms. The second-order valence-corrected chi connectivity index (χ2v) is 2.85. The summed E-state index contributed by atoms with van der Waals surface area (Å²) in [5.41, 5.74) is 0. The van der Waals surface area contributed by atoms with Gasteiger partial charge in [0.05, 0.1) is 6.20 Å². The highest BCUT2D eigenvalue weighted by atomic mass is 19.1. The highest BCUT2D eigenvalue weighted by Gasteiger charge is 2.04. The van der Waals surface area contributed by atoms with Crippen molar-refractivity contribution in [3.8, 4) is 0 Å². The van der Waals surface area contributed by atoms with Crippen LogP contribution in [0.3, 0.4) is 0 Å². The number of nitrogens with zero attached hydrogens (tertiary/aromatic N) is 2. The molecule has 0 aliphatic heterocycles. The number of nitrogens with one attached hydrogen (secondary N) is 2. The van der Waals surface area contributed by atoms with Crippen LogP contribution in [-0.2, 0) is 0 Å². The summed E-state index contributed by atoms with van der Waals surface area (Å²) in [6.45, 7) is 5.36. The van der Waals surface area contributed by atoms with Crippen molar-refractivity contribution in [2.45, 2.75) is 20.3 Å². The molecular weight excluding hydrogens is 183 g/mol. The Hall–Kier alpha value is -1.39. The molecule has 4 nitrogen and oxygen atoms in total. The van der Waals surface area contributed by atoms with E-state index in [1.807, 2.05) is 13.8 Å². The minimum atomic E-state index is -0.422. The molecule has 1 aromatic rings. The van der Waals surface area contributed by atoms with Crippen LogP contribution in [0.25, 0.3) is 0 Å². The largest absolute Gasteiger partial charge is 0.368 e. The van der Waals surface area contributed by atoms with Crippen LogP contribution >= 0.6 is 0 Å². The fourth-order valence-corrected chi connectivity index (χ4v) is 0.981. The zero-order valence-corrected chi connectivity index (χ0v) is 8.47. The summed E-state index contributed by atoms with van der Waals surface area (Å²) in [6.07, 6.45) is 2.15. The van der Waals surface area contributed by atoms with Crippen molar-refractivity contribution in [3.63, 3.8) is 0 Å². The van der Waals surface area contributed by atoms with Gasteiger partial charge in [-0.3, -0.25) is 0 Å². The highest BCUT2D eigenvalue weighted by Crippen LogP contribution is 2.11. The van der Waals surface area contributed by atoms with Gasteiger partial charge in [-0.25, -0.2) is 9.37 Å². The lowest BCUT2D eigenvalue weighted by Gasteiger charge is -2.06. The van der Waals surface area contributed by atoms with Crippen LogP contribution in [0.2, 0.25) is 0 Å². The summed E-state index contributed by atoms with van der Waals surface area (Å²) >= 11 is 0. The Labute approximate surface area is 83.0 Å². The van der Waals surface area contributed by atoms with E-state index in [-0.39, 0.29) is 5.82 Å². The number of anilines is 2. The third-order valence-corrected chi connectivity index (χ3v) is 1.62. The Morgan fingerprint density at radius 2 is 2.14 bits per heavy atom. The second kappa shape index (κ2) is 5.36. The van der Waals surface area contributed by atoms with E-state index in [1.165, 1.54) is 6.20 Å². The molecule has 0 amide bonds. The van der Waals surface area contributed by atoms with Crippen LogP contribution in [0.4, 0.5) is 16.2 Å². The summed E-state index contributed by atoms with van der Waals surface area (Å²) in [5, 5.41) is 5.82. The van der Waals surface area contributed by atoms with E-state index >= 15 is 0 Å². The van der Waals surface area contributed by atoms with Crippen molar-refractivity contribution in [3.05, 3.63) is 12.0 Å². The van der Waals surface area contributed by atoms with Gasteiger partial charge >= 0.3 is 0 Å². The number of hydrogen-bond donors (Lipinski definition) is 2. The van der Waals surface area contributed by atoms with Crippen LogP contribution in [0.15, 0.2) is 6.20 Å². The molecule has 0 unspecified atom stereocenters. The average molecular weight is 198 g/mol. The molecule has 1 aromatic heterocycles. The second-order valence-electron chi connectivity index (χ2n) is 2.85. The van der Waals surface area contributed by atoms with Gasteiger partial charge in [0, 0.05) is 13.1 Å². The van der Waals surface area contributed by atoms with E-state index < -0.39 is 5.82 Å². The van der Waals surface area contributed by atoms with E-state index in [4.69, 9.17) is 0 Å². The molecule has 0 saturated carbocycles. The first kappa shape index (κ1) is 10.7. The topological polar surface area (TPSA) is 49.8 Å². The minimum absolute atomic E-state index is 0.251. The molecule has 0 atom stereocenters. The molecule has 5 heteroatoms. The molecular formula is C9H15FN4. The van der Waals surface area contributed by atoms with Gasteiger partial charge in [-0.2, -0.15) is 4.98 Å². The van der Waals surface area contributed by atoms with E-state index in [1.54, 1.807) is 0 Å². The van der Waals surface area contributed by atoms with Gasteiger partial charge in [-0.1, -0.05) is 6.92 Å². The van der Waals surface area contributed by atoms with Crippen molar-refractivity contribution in [1.82, 2.24) is 9.97 Å². The standard InChI is InChI=1S/C9H15FN4/c1-3-5-12-9-13-6-7(10)8(14-9)11-4-2/h6H,3-5H2,1-2H3,(H2,11,12,13,14). The predicted octanol–water partition coefficient (Wildman–Crippen LogP) is 1.87. The Morgan fingerprint density at radius 1 is 1.36 bits per heavy atom. The molecule has 0 radical (unpaired) electrons. The Morgan fingerprint density at radius 3 is 2.79 bits per heavy atom. The predicted molar refractivity (Wildman–Crippen MR) is 54.9 cm³/mol. The SMILES string of the molecule is CCCNc1ncc(F)c(NCC)n1. The van der Waals surface area contributed by atoms with Crippen LogP contribution in [0, 0.1) is 5.82 Å². The summed E-state index contributed by atoms with van der Waals surface area (Å²) in [6, 6.07) is 0. The van der Waals surface area contributed by atoms with Crippen molar-refractivity contribution in [2.75, 3.05) is 23.7 Å². The maximum atomic E-state index is 13.1. The van der Waals surface area contributed by atoms with E-state index in [0.717, 1.165) is 13.0 Å². The lowest BCUT2D eigenvalue weighted by Crippen LogP contribution is -2.08. The minimum Gasteiger partial charge on any atom is -0.368 e. The molecule has 1 rings (SSSR count). The van der Waals surface area contributed by atoms with Gasteiger partial charge in [0.2, 0.25) is 5.95 Å². The zero-order chi connectivity index (χ0) is 10.4. The van der Waals surface area contributed by atoms with Gasteiger partial charge in [0.1, 0.15) is 0 Å². The van der Waals surface area contributed by atoms with Gasteiger partial charge in [0.25, 0.3) is 0 Å². The van der Waals surface area contributed by atoms with Crippen LogP contribution < -0.4 is 10.6 Å². The molecule has 0 bridgehead atoms. The first-order chi connectivity index (χ1) is 6.77. The van der Waals surface area contributed by atoms with Gasteiger partial charge in [0.15, 0.2) is 11.6 Å². The van der Waals surface area contributed by atoms with Crippen molar-refractivity contribution in [2.24, 2.45) is 0 Å². The van der Waals surface area contributed by atoms with Crippen LogP contribution in [0.1, 0.15) is 20.3 Å². The lowest BCUT2D eigenvalue weighted by molar-refractivity contribution is 0.617. The number of aromatic nitrogens is 2. The third kappa shape index (κ3) is 2.83. The van der Waals surface area contributed by atoms with Gasteiger partial charge in [-0.05, 0) is 13.3 Å². The maximum Gasteiger partial charge on any atom is 0.224 e. The summed E-state index contributed by atoms with van der Waals surface area (Å²) in [5.74, 6) is 0.291. The van der Waals surface area contributed by atoms with Crippen LogP contribution in [-0.4, -0.2) is 23.1 Å². The normalized spacial score (nSPS) is 9.93. The molecule has 0 saturated heterocycles. The number of rotatable bonds is 5. The Balaban J connectivity index is 2.72. The Kier molecular flexibility index (Phi) is 4.10. The quantitative estimate of drug-likeness (QED) is 0.758. The number of hydrogen-bond acceptors (Lipinski definition) is 4. The molecule has 78 valence electrons. The Bertz CT molecular complexity index is 290. The zero-order valence-electron chi connectivity index (χ0n) is 8.47. The monoisotopic (exact) mass is 198 g/mol. The fourth-order valence-electron chi connectivity index (χ4n) is 0.981. The smallest absolute Gasteiger partial charge is 0.224 e. The van der Waals surface area contributed by atoms with Crippen molar-refractivity contribution in [1.29, 1.82) is 0 Å². The van der Waals surface area contributed by atoms with Crippen LogP contribution in [0.5, 0.6) is 0 Å². The van der Waals surface area contributed by atoms with Gasteiger partial charge in [-0.15, -0.1) is 0 Å². The van der Waals surface area contributed by atoms with E-state index in [2.05, 4.69) is 20.6 Å². The van der Waals surface area contributed by atoms with E-state index in [9.17, 15) is 4.39 Å². The molecule has 0 aromatic carbocycles. The summed E-state index contributed by atoms with van der Waals surface area (Å²) in [7, 11) is 0. The van der Waals surface area contributed by atoms with Crippen molar-refractivity contribution >= 4 is 11.8 Å². The summed E-state index contributed by atoms with van der Waals surface area (Å²) < 4.78 is 13.1. The molecule has 0 spiro atoms.